The second kappa shape index (κ2) is 56.8. The number of carboxylic acid groups (broad SMARTS) is 2. The zero-order chi connectivity index (χ0) is 93.5. The Morgan fingerprint density at radius 1 is 0.395 bits per heavy atom. The van der Waals surface area contributed by atoms with Crippen molar-refractivity contribution in [3.63, 3.8) is 0 Å². The van der Waals surface area contributed by atoms with Crippen LogP contribution in [-0.4, -0.2) is 304 Å². The Bertz CT molecular complexity index is 3970. The van der Waals surface area contributed by atoms with Crippen molar-refractivity contribution in [3.8, 4) is 5.75 Å². The fourth-order valence-electron chi connectivity index (χ4n) is 11.4. The summed E-state index contributed by atoms with van der Waals surface area (Å²) in [5.74, 6) is -23.8. The molecule has 690 valence electrons. The summed E-state index contributed by atoms with van der Waals surface area (Å²) in [5, 5.41) is 126. The predicted octanol–water partition coefficient (Wildman–Crippen LogP) is -12.3. The summed E-state index contributed by atoms with van der Waals surface area (Å²) < 4.78 is 0. The molecule has 36 N–H and O–H groups in total. The van der Waals surface area contributed by atoms with E-state index in [1.54, 1.807) is 45.9 Å². The number of aliphatic hydroxyl groups is 4. The van der Waals surface area contributed by atoms with Gasteiger partial charge in [0.1, 0.15) is 84.3 Å². The molecule has 2 rings (SSSR count). The van der Waals surface area contributed by atoms with Gasteiger partial charge >= 0.3 is 11.9 Å². The lowest BCUT2D eigenvalue weighted by Crippen LogP contribution is -2.62. The van der Waals surface area contributed by atoms with Gasteiger partial charge in [-0.25, -0.2) is 4.79 Å². The summed E-state index contributed by atoms with van der Waals surface area (Å²) in [6.07, 6.45) is -4.04. The summed E-state index contributed by atoms with van der Waals surface area (Å²) >= 11 is 3.91. The number of carbonyl (C=O) groups excluding carboxylic acids is 16. The number of primary amides is 1. The van der Waals surface area contributed by atoms with Gasteiger partial charge in [-0.05, 0) is 93.0 Å². The molecule has 0 bridgehead atoms. The molecule has 0 unspecified atom stereocenters. The third-order valence-electron chi connectivity index (χ3n) is 18.0. The number of guanidine groups is 2. The van der Waals surface area contributed by atoms with Crippen LogP contribution in [0.4, 0.5) is 0 Å². The lowest BCUT2D eigenvalue weighted by atomic mass is 10.0. The van der Waals surface area contributed by atoms with Crippen molar-refractivity contribution in [3.05, 3.63) is 65.7 Å². The Hall–Kier alpha value is -12.7. The first-order valence-electron chi connectivity index (χ1n) is 39.2. The van der Waals surface area contributed by atoms with Gasteiger partial charge in [-0.15, -0.1) is 0 Å². The van der Waals surface area contributed by atoms with E-state index in [2.05, 4.69) is 103 Å². The first-order valence-corrected chi connectivity index (χ1v) is 39.8. The lowest BCUT2D eigenvalue weighted by molar-refractivity contribution is -0.143. The Kier molecular flexibility index (Phi) is 49.2. The van der Waals surface area contributed by atoms with Gasteiger partial charge in [-0.2, -0.15) is 12.6 Å². The molecule has 0 spiro atoms. The molecule has 14 atom stereocenters. The van der Waals surface area contributed by atoms with Crippen molar-refractivity contribution in [1.29, 1.82) is 10.8 Å². The number of carbonyl (C=O) groups is 18. The van der Waals surface area contributed by atoms with Gasteiger partial charge in [0, 0.05) is 31.7 Å². The van der Waals surface area contributed by atoms with E-state index in [4.69, 9.17) is 39.5 Å². The molecule has 0 saturated heterocycles. The minimum atomic E-state index is -2.22. The fourth-order valence-corrected chi connectivity index (χ4v) is 11.6. The van der Waals surface area contributed by atoms with E-state index in [9.17, 15) is 122 Å². The molecule has 50 heteroatoms. The van der Waals surface area contributed by atoms with E-state index in [0.717, 1.165) is 0 Å². The molecule has 0 aromatic heterocycles. The van der Waals surface area contributed by atoms with Gasteiger partial charge in [-0.1, -0.05) is 70.2 Å². The molecule has 0 aliphatic carbocycles. The van der Waals surface area contributed by atoms with Crippen LogP contribution in [-0.2, 0) is 99.1 Å². The van der Waals surface area contributed by atoms with Gasteiger partial charge in [0.2, 0.25) is 94.5 Å². The SMILES string of the molecule is CC(C)C[C@H](NC(=O)CNC(=O)[C@H](CO)NC(=O)[C@H](CO)NC(=O)[C@H](CCCCN)NC(=O)[C@H](CCCNC(=N)N)NC(=O)[C@H](Cc1ccccc1)NC(=O)[C@H](CO)NC(=O)[C@H](CC(=O)O)NC(=O)[C@H](CCCNC(=N)N)NC(=O)[C@H](CC(N)=O)NC(=O)[C@H](Cc1ccc(O)cc1)NC(=O)[C@H](CO)NC(=O)CNC(=O)[C@@H](N)CS)C(=O)N[C@H](C(=O)O)C(C)C. The number of aliphatic hydroxyl groups excluding tert-OH is 4. The Morgan fingerprint density at radius 3 is 1.11 bits per heavy atom. The topological polar surface area (TPSA) is 831 Å². The van der Waals surface area contributed by atoms with Crippen molar-refractivity contribution in [1.82, 2.24) is 90.4 Å². The smallest absolute Gasteiger partial charge is 0.326 e. The molecular weight excluding hydrogens is 1660 g/mol. The van der Waals surface area contributed by atoms with Crippen LogP contribution >= 0.6 is 12.6 Å². The molecule has 0 saturated carbocycles. The van der Waals surface area contributed by atoms with Crippen LogP contribution in [0.25, 0.3) is 0 Å². The van der Waals surface area contributed by atoms with Gasteiger partial charge in [-0.3, -0.25) is 92.3 Å². The molecule has 49 nitrogen and oxygen atoms in total. The van der Waals surface area contributed by atoms with Crippen LogP contribution in [0.2, 0.25) is 0 Å². The highest BCUT2D eigenvalue weighted by Crippen LogP contribution is 2.15. The molecule has 124 heavy (non-hydrogen) atoms. The van der Waals surface area contributed by atoms with E-state index in [1.807, 2.05) is 0 Å². The maximum Gasteiger partial charge on any atom is 0.326 e. The van der Waals surface area contributed by atoms with E-state index in [0.29, 0.717) is 5.56 Å². The minimum Gasteiger partial charge on any atom is -0.508 e. The summed E-state index contributed by atoms with van der Waals surface area (Å²) in [6.45, 7) is 0.130. The largest absolute Gasteiger partial charge is 0.508 e. The Balaban J connectivity index is 2.55. The summed E-state index contributed by atoms with van der Waals surface area (Å²) in [6, 6.07) is -11.6. The van der Waals surface area contributed by atoms with Gasteiger partial charge < -0.3 is 155 Å². The molecule has 0 aliphatic heterocycles. The van der Waals surface area contributed by atoms with Crippen LogP contribution in [0.15, 0.2) is 54.6 Å². The molecule has 16 amide bonds. The number of thiol groups is 1. The Labute approximate surface area is 717 Å². The number of phenols is 1. The van der Waals surface area contributed by atoms with Crippen molar-refractivity contribution < 1.29 is 122 Å². The minimum absolute atomic E-state index is 0.0471. The van der Waals surface area contributed by atoms with E-state index in [1.165, 1.54) is 36.4 Å². The third kappa shape index (κ3) is 41.3. The molecule has 0 fully saturated rings. The zero-order valence-corrected chi connectivity index (χ0v) is 69.7. The molecular formula is C74H118N24O25S. The normalized spacial score (nSPS) is 14.4. The summed E-state index contributed by atoms with van der Waals surface area (Å²) in [7, 11) is 0. The Morgan fingerprint density at radius 2 is 0.734 bits per heavy atom. The zero-order valence-electron chi connectivity index (χ0n) is 68.8. The number of nitrogens with two attached hydrogens (primary N) is 5. The first kappa shape index (κ1) is 107. The van der Waals surface area contributed by atoms with Crippen molar-refractivity contribution >= 4 is 131 Å². The van der Waals surface area contributed by atoms with Crippen LogP contribution < -0.4 is 119 Å². The standard InChI is InChI=1S/C74H118N24O25S/c1-36(2)24-45(68(118)98-58(37(3)4)72(122)123)86-55(105)30-85-60(110)50(31-99)95-71(121)53(34-102)96-63(113)42(14-8-9-21-75)88-61(111)43(15-10-22-82-73(78)79)89-64(114)46(25-38-12-6-5-7-13-38)92-70(120)52(33-101)97-67(117)49(28-57(107)108)94-62(112)44(16-11-23-83-74(80)81)90-66(116)48(27-54(77)104)93-65(115)47(26-39-17-19-40(103)20-18-39)91-69(119)51(32-100)87-56(106)29-84-59(109)41(76)35-124/h5-7,12-13,17-20,36-37,41-53,58,99-103,124H,8-11,14-16,21-35,75-76H2,1-4H3,(H2,77,104)(H,84,109)(H,85,110)(H,86,105)(H,87,106)(H,88,111)(H,89,114)(H,90,116)(H,91,119)(H,92,120)(H,93,115)(H,94,112)(H,95,121)(H,96,113)(H,97,117)(H,98,118)(H,107,108)(H,122,123)(H4,78,79,82)(H4,80,81,83)/t41-,42-,43-,44-,45-,46-,47-,48-,49-,50-,51-,52-,53-,58-/m0/s1. The number of rotatable bonds is 59. The number of unbranched alkanes of at least 4 members (excludes halogenated alkanes) is 1. The third-order valence-corrected chi connectivity index (χ3v) is 18.4. The fraction of sp³-hybridized carbons (Fsp3) is 0.568. The van der Waals surface area contributed by atoms with Crippen LogP contribution in [0.3, 0.4) is 0 Å². The number of hydrogen-bond acceptors (Lipinski definition) is 28. The molecule has 2 aromatic carbocycles. The van der Waals surface area contributed by atoms with Crippen molar-refractivity contribution in [2.24, 2.45) is 40.5 Å². The molecule has 0 radical (unpaired) electrons. The summed E-state index contributed by atoms with van der Waals surface area (Å²) in [5.41, 5.74) is 28.4. The number of hydrogen-bond donors (Lipinski definition) is 32. The van der Waals surface area contributed by atoms with E-state index < -0.39 is 280 Å². The van der Waals surface area contributed by atoms with E-state index >= 15 is 0 Å². The van der Waals surface area contributed by atoms with Gasteiger partial charge in [0.05, 0.1) is 58.4 Å². The van der Waals surface area contributed by atoms with Crippen molar-refractivity contribution in [2.75, 3.05) is 64.9 Å². The number of aromatic hydroxyl groups is 1. The highest BCUT2D eigenvalue weighted by atomic mass is 32.1. The van der Waals surface area contributed by atoms with Gasteiger partial charge in [0.15, 0.2) is 11.9 Å². The number of phenolic OH excluding ortho intramolecular Hbond substituents is 1. The van der Waals surface area contributed by atoms with Crippen LogP contribution in [0, 0.1) is 22.7 Å². The highest BCUT2D eigenvalue weighted by molar-refractivity contribution is 7.80. The number of nitrogens with one attached hydrogen (secondary N) is 19. The number of benzene rings is 2. The van der Waals surface area contributed by atoms with Crippen LogP contribution in [0.1, 0.15) is 103 Å². The predicted molar refractivity (Wildman–Crippen MR) is 442 cm³/mol. The second-order valence-corrected chi connectivity index (χ2v) is 29.4. The maximum absolute atomic E-state index is 14.7. The highest BCUT2D eigenvalue weighted by Gasteiger charge is 2.39. The van der Waals surface area contributed by atoms with E-state index in [-0.39, 0.29) is 87.6 Å². The van der Waals surface area contributed by atoms with Gasteiger partial charge in [0.25, 0.3) is 0 Å². The second-order valence-electron chi connectivity index (χ2n) is 29.1. The monoisotopic (exact) mass is 1770 g/mol. The average molecular weight is 1780 g/mol. The number of aliphatic carboxylic acids is 2. The molecule has 2 aromatic rings. The average Bonchev–Trinajstić information content (AvgIpc) is 0.851. The maximum atomic E-state index is 14.7. The summed E-state index contributed by atoms with van der Waals surface area (Å²) in [4.78, 5) is 244. The quantitative estimate of drug-likeness (QED) is 0.0127. The van der Waals surface area contributed by atoms with Crippen molar-refractivity contribution in [2.45, 2.75) is 189 Å². The lowest BCUT2D eigenvalue weighted by Gasteiger charge is -2.28. The molecule has 0 aliphatic rings. The molecule has 0 heterocycles. The first-order chi connectivity index (χ1) is 58.5. The number of carboxylic acids is 2. The number of amides is 16. The van der Waals surface area contributed by atoms with Crippen LogP contribution in [0.5, 0.6) is 5.75 Å².